The Hall–Kier alpha value is -1.86. The normalized spacial score (nSPS) is 12.4. The zero-order chi connectivity index (χ0) is 22.1. The molecule has 0 fully saturated rings. The van der Waals surface area contributed by atoms with Gasteiger partial charge in [0.2, 0.25) is 10.0 Å². The van der Waals surface area contributed by atoms with Gasteiger partial charge in [-0.25, -0.2) is 8.42 Å². The molecule has 0 saturated carbocycles. The summed E-state index contributed by atoms with van der Waals surface area (Å²) in [4.78, 5) is 12.5. The highest BCUT2D eigenvalue weighted by atomic mass is 79.9. The van der Waals surface area contributed by atoms with Crippen molar-refractivity contribution in [2.45, 2.75) is 46.1 Å². The summed E-state index contributed by atoms with van der Waals surface area (Å²) in [6.45, 7) is 5.20. The summed E-state index contributed by atoms with van der Waals surface area (Å²) < 4.78 is 26.8. The number of carbonyl (C=O) groups is 1. The molecule has 0 bridgehead atoms. The quantitative estimate of drug-likeness (QED) is 0.456. The van der Waals surface area contributed by atoms with Gasteiger partial charge in [0.05, 0.1) is 18.5 Å². The van der Waals surface area contributed by atoms with Gasteiger partial charge in [-0.3, -0.25) is 9.10 Å². The maximum atomic E-state index is 12.5. The Bertz CT molecular complexity index is 930. The highest BCUT2D eigenvalue weighted by Gasteiger charge is 2.20. The molecule has 0 radical (unpaired) electrons. The summed E-state index contributed by atoms with van der Waals surface area (Å²) >= 11 is 3.42. The third-order valence-corrected chi connectivity index (χ3v) is 6.96. The van der Waals surface area contributed by atoms with Crippen molar-refractivity contribution in [3.8, 4) is 0 Å². The number of halogens is 1. The molecule has 30 heavy (non-hydrogen) atoms. The van der Waals surface area contributed by atoms with E-state index in [0.29, 0.717) is 28.2 Å². The Kier molecular flexibility index (Phi) is 9.37. The van der Waals surface area contributed by atoms with E-state index in [1.54, 1.807) is 36.4 Å². The third kappa shape index (κ3) is 7.13. The Morgan fingerprint density at radius 2 is 1.77 bits per heavy atom. The molecule has 1 amide bonds. The van der Waals surface area contributed by atoms with Gasteiger partial charge in [-0.2, -0.15) is 0 Å². The molecule has 0 aliphatic rings. The minimum absolute atomic E-state index is 0.0951. The first kappa shape index (κ1) is 24.4. The van der Waals surface area contributed by atoms with Gasteiger partial charge in [-0.05, 0) is 58.1 Å². The van der Waals surface area contributed by atoms with Gasteiger partial charge in [0.1, 0.15) is 0 Å². The number of anilines is 1. The number of carbonyl (C=O) groups excluding carboxylic acids is 1. The van der Waals surface area contributed by atoms with Crippen molar-refractivity contribution in [2.24, 2.45) is 5.92 Å². The van der Waals surface area contributed by atoms with Gasteiger partial charge in [0.25, 0.3) is 5.91 Å². The lowest BCUT2D eigenvalue weighted by Crippen LogP contribution is -2.30. The van der Waals surface area contributed by atoms with Crippen LogP contribution in [0.1, 0.15) is 55.5 Å². The lowest BCUT2D eigenvalue weighted by Gasteiger charge is -2.23. The molecule has 1 unspecified atom stereocenters. The molecule has 2 aromatic rings. The first-order valence-corrected chi connectivity index (χ1v) is 13.0. The molecule has 164 valence electrons. The van der Waals surface area contributed by atoms with Gasteiger partial charge in [0, 0.05) is 16.6 Å². The molecule has 0 spiro atoms. The fourth-order valence-electron chi connectivity index (χ4n) is 3.24. The van der Waals surface area contributed by atoms with E-state index < -0.39 is 10.0 Å². The van der Waals surface area contributed by atoms with Crippen molar-refractivity contribution in [3.63, 3.8) is 0 Å². The van der Waals surface area contributed by atoms with Crippen LogP contribution >= 0.6 is 15.9 Å². The predicted molar refractivity (Wildman–Crippen MR) is 127 cm³/mol. The van der Waals surface area contributed by atoms with Crippen molar-refractivity contribution >= 4 is 37.5 Å². The predicted octanol–water partition coefficient (Wildman–Crippen LogP) is 5.36. The van der Waals surface area contributed by atoms with Crippen LogP contribution in [0.4, 0.5) is 5.69 Å². The van der Waals surface area contributed by atoms with E-state index in [9.17, 15) is 13.2 Å². The Labute approximate surface area is 189 Å². The van der Waals surface area contributed by atoms with Gasteiger partial charge in [-0.1, -0.05) is 57.4 Å². The maximum Gasteiger partial charge on any atom is 0.251 e. The Balaban J connectivity index is 2.07. The Morgan fingerprint density at radius 3 is 2.33 bits per heavy atom. The molecule has 0 saturated heterocycles. The number of amides is 1. The van der Waals surface area contributed by atoms with Gasteiger partial charge in [-0.15, -0.1) is 0 Å². The first-order chi connectivity index (χ1) is 14.3. The monoisotopic (exact) mass is 494 g/mol. The zero-order valence-electron chi connectivity index (χ0n) is 17.9. The van der Waals surface area contributed by atoms with Crippen molar-refractivity contribution in [3.05, 3.63) is 64.1 Å². The van der Waals surface area contributed by atoms with E-state index in [1.165, 1.54) is 17.0 Å². The summed E-state index contributed by atoms with van der Waals surface area (Å²) in [5.41, 5.74) is 1.97. The molecule has 7 heteroatoms. The molecule has 2 aromatic carbocycles. The summed E-state index contributed by atoms with van der Waals surface area (Å²) in [6.07, 6.45) is 5.71. The maximum absolute atomic E-state index is 12.5. The van der Waals surface area contributed by atoms with E-state index in [2.05, 4.69) is 35.1 Å². The average Bonchev–Trinajstić information content (AvgIpc) is 2.72. The Morgan fingerprint density at radius 1 is 1.10 bits per heavy atom. The SMILES string of the molecule is CCCCC(CC)CNC(=O)c1ccc(CN(c2ccccc2Br)S(C)(=O)=O)cc1. The van der Waals surface area contributed by atoms with Crippen LogP contribution in [0.3, 0.4) is 0 Å². The first-order valence-electron chi connectivity index (χ1n) is 10.4. The molecule has 1 N–H and O–H groups in total. The van der Waals surface area contributed by atoms with Crippen LogP contribution in [-0.2, 0) is 16.6 Å². The van der Waals surface area contributed by atoms with Crippen molar-refractivity contribution in [1.29, 1.82) is 0 Å². The number of benzene rings is 2. The second-order valence-corrected chi connectivity index (χ2v) is 10.3. The number of hydrogen-bond acceptors (Lipinski definition) is 3. The lowest BCUT2D eigenvalue weighted by atomic mass is 9.99. The molecule has 0 aliphatic carbocycles. The van der Waals surface area contributed by atoms with Gasteiger partial charge >= 0.3 is 0 Å². The summed E-state index contributed by atoms with van der Waals surface area (Å²) in [5, 5.41) is 3.03. The van der Waals surface area contributed by atoms with E-state index in [-0.39, 0.29) is 12.5 Å². The van der Waals surface area contributed by atoms with Crippen LogP contribution < -0.4 is 9.62 Å². The van der Waals surface area contributed by atoms with Crippen LogP contribution in [0.2, 0.25) is 0 Å². The van der Waals surface area contributed by atoms with Crippen molar-refractivity contribution in [2.75, 3.05) is 17.1 Å². The molecule has 0 aromatic heterocycles. The third-order valence-electron chi connectivity index (χ3n) is 5.16. The fraction of sp³-hybridized carbons (Fsp3) is 0.435. The fourth-order valence-corrected chi connectivity index (χ4v) is 4.76. The largest absolute Gasteiger partial charge is 0.352 e. The standard InChI is InChI=1S/C23H31BrN2O3S/c1-4-6-9-18(5-2)16-25-23(27)20-14-12-19(13-15-20)17-26(30(3,28)29)22-11-8-7-10-21(22)24/h7-8,10-15,18H,4-6,9,16-17H2,1-3H3,(H,25,27). The van der Waals surface area contributed by atoms with Crippen LogP contribution in [0.25, 0.3) is 0 Å². The molecular formula is C23H31BrN2O3S. The van der Waals surface area contributed by atoms with Crippen molar-refractivity contribution < 1.29 is 13.2 Å². The number of hydrogen-bond donors (Lipinski definition) is 1. The zero-order valence-corrected chi connectivity index (χ0v) is 20.3. The van der Waals surface area contributed by atoms with Crippen LogP contribution in [0, 0.1) is 5.92 Å². The number of para-hydroxylation sites is 1. The highest BCUT2D eigenvalue weighted by molar-refractivity contribution is 9.10. The van der Waals surface area contributed by atoms with E-state index in [4.69, 9.17) is 0 Å². The molecule has 1 atom stereocenters. The van der Waals surface area contributed by atoms with Crippen molar-refractivity contribution in [1.82, 2.24) is 5.32 Å². The van der Waals surface area contributed by atoms with Gasteiger partial charge < -0.3 is 5.32 Å². The number of sulfonamides is 1. The summed E-state index contributed by atoms with van der Waals surface area (Å²) in [5.74, 6) is 0.406. The lowest BCUT2D eigenvalue weighted by molar-refractivity contribution is 0.0946. The second kappa shape index (κ2) is 11.5. The molecule has 0 aliphatic heterocycles. The molecule has 0 heterocycles. The average molecular weight is 495 g/mol. The summed E-state index contributed by atoms with van der Waals surface area (Å²) in [6, 6.07) is 14.3. The summed E-state index contributed by atoms with van der Waals surface area (Å²) in [7, 11) is -3.47. The smallest absolute Gasteiger partial charge is 0.251 e. The number of nitrogens with zero attached hydrogens (tertiary/aromatic N) is 1. The van der Waals surface area contributed by atoms with E-state index in [1.807, 2.05) is 12.1 Å². The van der Waals surface area contributed by atoms with Crippen LogP contribution in [0.5, 0.6) is 0 Å². The minimum Gasteiger partial charge on any atom is -0.352 e. The van der Waals surface area contributed by atoms with Crippen LogP contribution in [0.15, 0.2) is 53.0 Å². The highest BCUT2D eigenvalue weighted by Crippen LogP contribution is 2.29. The van der Waals surface area contributed by atoms with E-state index in [0.717, 1.165) is 24.8 Å². The molecule has 2 rings (SSSR count). The topological polar surface area (TPSA) is 66.5 Å². The molecular weight excluding hydrogens is 464 g/mol. The number of rotatable bonds is 11. The van der Waals surface area contributed by atoms with Crippen LogP contribution in [-0.4, -0.2) is 27.1 Å². The molecule has 5 nitrogen and oxygen atoms in total. The number of unbranched alkanes of at least 4 members (excludes halogenated alkanes) is 1. The van der Waals surface area contributed by atoms with Gasteiger partial charge in [0.15, 0.2) is 0 Å². The number of nitrogens with one attached hydrogen (secondary N) is 1. The second-order valence-electron chi connectivity index (χ2n) is 7.54. The van der Waals surface area contributed by atoms with E-state index >= 15 is 0 Å². The minimum atomic E-state index is -3.47.